The minimum atomic E-state index is 0.596. The largest absolute Gasteiger partial charge is 0.494 e. The van der Waals surface area contributed by atoms with Gasteiger partial charge in [0.2, 0.25) is 0 Å². The summed E-state index contributed by atoms with van der Waals surface area (Å²) in [7, 11) is 0. The molecule has 0 bridgehead atoms. The fourth-order valence-electron chi connectivity index (χ4n) is 1.41. The van der Waals surface area contributed by atoms with Gasteiger partial charge in [0.25, 0.3) is 0 Å². The molecule has 1 aromatic rings. The number of hydrogen-bond donors (Lipinski definition) is 1. The lowest BCUT2D eigenvalue weighted by Crippen LogP contribution is -1.99. The predicted molar refractivity (Wildman–Crippen MR) is 65.5 cm³/mol. The molecule has 3 heteroatoms. The highest BCUT2D eigenvalue weighted by atomic mass is 16.5. The van der Waals surface area contributed by atoms with Crippen molar-refractivity contribution in [2.24, 2.45) is 5.16 Å². The molecular weight excluding hydrogens is 202 g/mol. The summed E-state index contributed by atoms with van der Waals surface area (Å²) in [5, 5.41) is 11.8. The van der Waals surface area contributed by atoms with Crippen LogP contribution >= 0.6 is 0 Å². The molecule has 0 fully saturated rings. The molecule has 0 spiro atoms. The van der Waals surface area contributed by atoms with E-state index < -0.39 is 0 Å². The first-order valence-electron chi connectivity index (χ1n) is 5.69. The second-order valence-corrected chi connectivity index (χ2v) is 3.77. The van der Waals surface area contributed by atoms with Gasteiger partial charge in [0.1, 0.15) is 5.75 Å². The van der Waals surface area contributed by atoms with Crippen LogP contribution in [0.3, 0.4) is 0 Å². The molecule has 0 atom stereocenters. The van der Waals surface area contributed by atoms with Gasteiger partial charge in [-0.25, -0.2) is 0 Å². The highest BCUT2D eigenvalue weighted by Crippen LogP contribution is 2.14. The van der Waals surface area contributed by atoms with Gasteiger partial charge in [-0.15, -0.1) is 0 Å². The molecule has 0 saturated carbocycles. The number of unbranched alkanes of at least 4 members (excludes halogenated alkanes) is 2. The van der Waals surface area contributed by atoms with Crippen LogP contribution in [0.2, 0.25) is 0 Å². The Bertz CT molecular complexity index is 348. The number of nitrogens with zero attached hydrogens (tertiary/aromatic N) is 1. The fourth-order valence-corrected chi connectivity index (χ4v) is 1.41. The maximum absolute atomic E-state index is 8.67. The summed E-state index contributed by atoms with van der Waals surface area (Å²) in [4.78, 5) is 0. The summed E-state index contributed by atoms with van der Waals surface area (Å²) in [6, 6.07) is 7.61. The van der Waals surface area contributed by atoms with Crippen LogP contribution in [0.25, 0.3) is 0 Å². The van der Waals surface area contributed by atoms with Crippen molar-refractivity contribution >= 4 is 5.71 Å². The summed E-state index contributed by atoms with van der Waals surface area (Å²) in [5.74, 6) is 0.830. The second kappa shape index (κ2) is 6.88. The zero-order chi connectivity index (χ0) is 11.8. The van der Waals surface area contributed by atoms with Gasteiger partial charge in [-0.05, 0) is 25.5 Å². The third-order valence-electron chi connectivity index (χ3n) is 2.42. The zero-order valence-corrected chi connectivity index (χ0v) is 9.94. The van der Waals surface area contributed by atoms with Crippen LogP contribution in [-0.4, -0.2) is 17.5 Å². The average Bonchev–Trinajstić information content (AvgIpc) is 2.34. The second-order valence-electron chi connectivity index (χ2n) is 3.77. The molecule has 0 radical (unpaired) electrons. The van der Waals surface area contributed by atoms with Crippen LogP contribution in [0.5, 0.6) is 5.75 Å². The predicted octanol–water partition coefficient (Wildman–Crippen LogP) is 3.45. The molecule has 0 aliphatic heterocycles. The molecule has 0 aliphatic carbocycles. The van der Waals surface area contributed by atoms with Crippen LogP contribution in [0, 0.1) is 0 Å². The van der Waals surface area contributed by atoms with Crippen LogP contribution in [0.4, 0.5) is 0 Å². The first-order valence-corrected chi connectivity index (χ1v) is 5.69. The zero-order valence-electron chi connectivity index (χ0n) is 9.94. The molecule has 88 valence electrons. The lowest BCUT2D eigenvalue weighted by Gasteiger charge is -2.07. The number of hydrogen-bond acceptors (Lipinski definition) is 3. The SMILES string of the molecule is CCCCCOc1cccc(/C(C)=N/O)c1. The van der Waals surface area contributed by atoms with Gasteiger partial charge in [-0.2, -0.15) is 0 Å². The summed E-state index contributed by atoms with van der Waals surface area (Å²) in [6.07, 6.45) is 3.46. The summed E-state index contributed by atoms with van der Waals surface area (Å²) in [5.41, 5.74) is 1.48. The quantitative estimate of drug-likeness (QED) is 0.346. The molecule has 3 nitrogen and oxygen atoms in total. The Kier molecular flexibility index (Phi) is 5.40. The van der Waals surface area contributed by atoms with E-state index in [-0.39, 0.29) is 0 Å². The molecule has 0 heterocycles. The van der Waals surface area contributed by atoms with Crippen molar-refractivity contribution in [3.8, 4) is 5.75 Å². The van der Waals surface area contributed by atoms with Crippen LogP contribution in [0.15, 0.2) is 29.4 Å². The van der Waals surface area contributed by atoms with Gasteiger partial charge < -0.3 is 9.94 Å². The van der Waals surface area contributed by atoms with E-state index in [1.54, 1.807) is 6.92 Å². The van der Waals surface area contributed by atoms with Crippen molar-refractivity contribution in [3.63, 3.8) is 0 Å². The number of rotatable bonds is 6. The van der Waals surface area contributed by atoms with Crippen molar-refractivity contribution < 1.29 is 9.94 Å². The van der Waals surface area contributed by atoms with Gasteiger partial charge in [0.05, 0.1) is 12.3 Å². The molecule has 1 aromatic carbocycles. The summed E-state index contributed by atoms with van der Waals surface area (Å²) >= 11 is 0. The molecule has 0 amide bonds. The topological polar surface area (TPSA) is 41.8 Å². The molecule has 0 saturated heterocycles. The lowest BCUT2D eigenvalue weighted by atomic mass is 10.1. The van der Waals surface area contributed by atoms with Crippen molar-refractivity contribution in [1.82, 2.24) is 0 Å². The first kappa shape index (κ1) is 12.6. The highest BCUT2D eigenvalue weighted by Gasteiger charge is 2.00. The van der Waals surface area contributed by atoms with E-state index in [9.17, 15) is 0 Å². The Morgan fingerprint density at radius 2 is 2.19 bits per heavy atom. The average molecular weight is 221 g/mol. The van der Waals surface area contributed by atoms with Gasteiger partial charge >= 0.3 is 0 Å². The number of benzene rings is 1. The van der Waals surface area contributed by atoms with E-state index >= 15 is 0 Å². The van der Waals surface area contributed by atoms with E-state index in [0.29, 0.717) is 5.71 Å². The Labute approximate surface area is 96.7 Å². The van der Waals surface area contributed by atoms with E-state index in [2.05, 4.69) is 12.1 Å². The molecule has 0 aliphatic rings. The van der Waals surface area contributed by atoms with E-state index in [1.165, 1.54) is 12.8 Å². The van der Waals surface area contributed by atoms with Crippen molar-refractivity contribution in [1.29, 1.82) is 0 Å². The molecular formula is C13H19NO2. The van der Waals surface area contributed by atoms with Crippen LogP contribution < -0.4 is 4.74 Å². The van der Waals surface area contributed by atoms with Gasteiger partial charge in [0, 0.05) is 5.56 Å². The van der Waals surface area contributed by atoms with Crippen LogP contribution in [-0.2, 0) is 0 Å². The Balaban J connectivity index is 2.54. The molecule has 1 rings (SSSR count). The smallest absolute Gasteiger partial charge is 0.119 e. The standard InChI is InChI=1S/C13H19NO2/c1-3-4-5-9-16-13-8-6-7-12(10-13)11(2)14-15/h6-8,10,15H,3-5,9H2,1-2H3/b14-11+. The first-order chi connectivity index (χ1) is 7.77. The Morgan fingerprint density at radius 3 is 2.88 bits per heavy atom. The third kappa shape index (κ3) is 3.93. The number of ether oxygens (including phenoxy) is 1. The fraction of sp³-hybridized carbons (Fsp3) is 0.462. The molecule has 1 N–H and O–H groups in total. The van der Waals surface area contributed by atoms with E-state index in [4.69, 9.17) is 9.94 Å². The lowest BCUT2D eigenvalue weighted by molar-refractivity contribution is 0.306. The molecule has 16 heavy (non-hydrogen) atoms. The van der Waals surface area contributed by atoms with Gasteiger partial charge in [-0.1, -0.05) is 37.1 Å². The minimum Gasteiger partial charge on any atom is -0.494 e. The van der Waals surface area contributed by atoms with E-state index in [1.807, 2.05) is 24.3 Å². The maximum Gasteiger partial charge on any atom is 0.119 e. The summed E-state index contributed by atoms with van der Waals surface area (Å²) < 4.78 is 5.61. The van der Waals surface area contributed by atoms with E-state index in [0.717, 1.165) is 24.3 Å². The minimum absolute atomic E-state index is 0.596. The van der Waals surface area contributed by atoms with Gasteiger partial charge in [0.15, 0.2) is 0 Å². The number of oxime groups is 1. The van der Waals surface area contributed by atoms with Crippen LogP contribution in [0.1, 0.15) is 38.7 Å². The monoisotopic (exact) mass is 221 g/mol. The van der Waals surface area contributed by atoms with Gasteiger partial charge in [-0.3, -0.25) is 0 Å². The Morgan fingerprint density at radius 1 is 1.38 bits per heavy atom. The molecule has 0 unspecified atom stereocenters. The van der Waals surface area contributed by atoms with Crippen molar-refractivity contribution in [3.05, 3.63) is 29.8 Å². The highest BCUT2D eigenvalue weighted by molar-refractivity contribution is 5.98. The summed E-state index contributed by atoms with van der Waals surface area (Å²) in [6.45, 7) is 4.67. The molecule has 0 aromatic heterocycles. The third-order valence-corrected chi connectivity index (χ3v) is 2.42. The normalized spacial score (nSPS) is 11.5. The van der Waals surface area contributed by atoms with Crippen molar-refractivity contribution in [2.45, 2.75) is 33.1 Å². The van der Waals surface area contributed by atoms with Crippen molar-refractivity contribution in [2.75, 3.05) is 6.61 Å². The Hall–Kier alpha value is -1.51. The maximum atomic E-state index is 8.67.